The monoisotopic (exact) mass is 387 g/mol. The van der Waals surface area contributed by atoms with E-state index in [1.165, 1.54) is 20.9 Å². The van der Waals surface area contributed by atoms with E-state index in [0.29, 0.717) is 0 Å². The first-order chi connectivity index (χ1) is 8.52. The molecule has 1 atom stereocenters. The normalized spacial score (nSPS) is 12.7. The van der Waals surface area contributed by atoms with Crippen molar-refractivity contribution < 1.29 is 0 Å². The Hall–Kier alpha value is -0.160. The van der Waals surface area contributed by atoms with Crippen LogP contribution in [0.5, 0.6) is 0 Å². The average molecular weight is 389 g/mol. The summed E-state index contributed by atoms with van der Waals surface area (Å²) in [6, 6.07) is 8.78. The number of rotatable bonds is 3. The standard InChI is InChI=1S/C14H15Br2NS/c1-8-6-9(2)18-14(8)13(17-3)11-7-10(15)4-5-12(11)16/h4-7,13,17H,1-3H3. The highest BCUT2D eigenvalue weighted by Gasteiger charge is 2.19. The van der Waals surface area contributed by atoms with E-state index in [2.05, 4.69) is 69.2 Å². The molecule has 0 aliphatic carbocycles. The summed E-state index contributed by atoms with van der Waals surface area (Å²) in [6.07, 6.45) is 0. The van der Waals surface area contributed by atoms with Gasteiger partial charge in [0.2, 0.25) is 0 Å². The van der Waals surface area contributed by atoms with E-state index in [4.69, 9.17) is 0 Å². The molecule has 1 heterocycles. The van der Waals surface area contributed by atoms with Crippen LogP contribution in [0, 0.1) is 13.8 Å². The molecule has 2 aromatic rings. The van der Waals surface area contributed by atoms with Gasteiger partial charge in [0.25, 0.3) is 0 Å². The second-order valence-electron chi connectivity index (χ2n) is 4.29. The van der Waals surface area contributed by atoms with Gasteiger partial charge in [-0.3, -0.25) is 0 Å². The summed E-state index contributed by atoms with van der Waals surface area (Å²) in [7, 11) is 2.01. The SMILES string of the molecule is CNC(c1cc(Br)ccc1Br)c1sc(C)cc1C. The first-order valence-corrected chi connectivity index (χ1v) is 8.12. The molecule has 1 N–H and O–H groups in total. The van der Waals surface area contributed by atoms with Gasteiger partial charge in [-0.1, -0.05) is 31.9 Å². The topological polar surface area (TPSA) is 12.0 Å². The lowest BCUT2D eigenvalue weighted by Crippen LogP contribution is -2.17. The fourth-order valence-corrected chi connectivity index (χ4v) is 4.13. The highest BCUT2D eigenvalue weighted by Crippen LogP contribution is 2.36. The van der Waals surface area contributed by atoms with Crippen LogP contribution in [-0.2, 0) is 0 Å². The van der Waals surface area contributed by atoms with Crippen molar-refractivity contribution in [3.8, 4) is 0 Å². The lowest BCUT2D eigenvalue weighted by atomic mass is 10.0. The smallest absolute Gasteiger partial charge is 0.0682 e. The van der Waals surface area contributed by atoms with Gasteiger partial charge < -0.3 is 5.32 Å². The van der Waals surface area contributed by atoms with Crippen molar-refractivity contribution in [3.63, 3.8) is 0 Å². The summed E-state index contributed by atoms with van der Waals surface area (Å²) in [6.45, 7) is 4.33. The maximum absolute atomic E-state index is 3.64. The van der Waals surface area contributed by atoms with Crippen molar-refractivity contribution in [1.82, 2.24) is 5.32 Å². The van der Waals surface area contributed by atoms with Gasteiger partial charge in [-0.15, -0.1) is 11.3 Å². The zero-order chi connectivity index (χ0) is 13.3. The molecule has 1 unspecified atom stereocenters. The van der Waals surface area contributed by atoms with Crippen LogP contribution in [-0.4, -0.2) is 7.05 Å². The first kappa shape index (κ1) is 14.3. The molecule has 0 radical (unpaired) electrons. The predicted octanol–water partition coefficient (Wildman–Crippen LogP) is 5.20. The molecule has 2 rings (SSSR count). The summed E-state index contributed by atoms with van der Waals surface area (Å²) in [4.78, 5) is 2.74. The van der Waals surface area contributed by atoms with E-state index >= 15 is 0 Å². The van der Waals surface area contributed by atoms with Gasteiger partial charge in [-0.25, -0.2) is 0 Å². The molecule has 96 valence electrons. The second-order valence-corrected chi connectivity index (χ2v) is 7.35. The number of aryl methyl sites for hydroxylation is 2. The van der Waals surface area contributed by atoms with Gasteiger partial charge in [0.1, 0.15) is 0 Å². The third-order valence-corrected chi connectivity index (χ3v) is 5.33. The summed E-state index contributed by atoms with van der Waals surface area (Å²) in [5.41, 5.74) is 2.61. The average Bonchev–Trinajstić information content (AvgIpc) is 2.64. The van der Waals surface area contributed by atoms with Gasteiger partial charge in [0, 0.05) is 18.7 Å². The van der Waals surface area contributed by atoms with Crippen LogP contribution in [0.25, 0.3) is 0 Å². The Labute approximate surface area is 129 Å². The minimum Gasteiger partial charge on any atom is -0.309 e. The lowest BCUT2D eigenvalue weighted by Gasteiger charge is -2.18. The summed E-state index contributed by atoms with van der Waals surface area (Å²) in [5, 5.41) is 3.42. The number of hydrogen-bond donors (Lipinski definition) is 1. The van der Waals surface area contributed by atoms with Crippen molar-refractivity contribution in [2.75, 3.05) is 7.05 Å². The highest BCUT2D eigenvalue weighted by atomic mass is 79.9. The minimum atomic E-state index is 0.232. The van der Waals surface area contributed by atoms with Gasteiger partial charge in [-0.05, 0) is 56.3 Å². The molecule has 0 spiro atoms. The first-order valence-electron chi connectivity index (χ1n) is 5.72. The van der Waals surface area contributed by atoms with E-state index in [0.717, 1.165) is 8.95 Å². The third-order valence-electron chi connectivity index (χ3n) is 2.90. The van der Waals surface area contributed by atoms with Crippen molar-refractivity contribution >= 4 is 43.2 Å². The molecule has 0 saturated heterocycles. The van der Waals surface area contributed by atoms with Crippen LogP contribution in [0.15, 0.2) is 33.2 Å². The van der Waals surface area contributed by atoms with E-state index in [-0.39, 0.29) is 6.04 Å². The van der Waals surface area contributed by atoms with Crippen LogP contribution in [0.2, 0.25) is 0 Å². The van der Waals surface area contributed by atoms with E-state index < -0.39 is 0 Å². The molecule has 0 fully saturated rings. The molecule has 1 aromatic carbocycles. The summed E-state index contributed by atoms with van der Waals surface area (Å²) in [5.74, 6) is 0. The molecule has 1 nitrogen and oxygen atoms in total. The Morgan fingerprint density at radius 3 is 2.44 bits per heavy atom. The Kier molecular flexibility index (Phi) is 4.64. The Balaban J connectivity index is 2.51. The van der Waals surface area contributed by atoms with Crippen LogP contribution in [0.4, 0.5) is 0 Å². The van der Waals surface area contributed by atoms with Crippen molar-refractivity contribution in [3.05, 3.63) is 54.1 Å². The van der Waals surface area contributed by atoms with Crippen LogP contribution in [0.1, 0.15) is 26.9 Å². The Morgan fingerprint density at radius 1 is 1.17 bits per heavy atom. The number of benzene rings is 1. The molecule has 0 saturated carbocycles. The Bertz CT molecular complexity index is 563. The summed E-state index contributed by atoms with van der Waals surface area (Å²) >= 11 is 9.05. The maximum atomic E-state index is 3.64. The number of nitrogens with one attached hydrogen (secondary N) is 1. The molecule has 0 aliphatic rings. The zero-order valence-electron chi connectivity index (χ0n) is 10.6. The van der Waals surface area contributed by atoms with E-state index in [1.807, 2.05) is 24.5 Å². The molecule has 0 aliphatic heterocycles. The quantitative estimate of drug-likeness (QED) is 0.761. The Morgan fingerprint density at radius 2 is 1.89 bits per heavy atom. The molecule has 0 bridgehead atoms. The molecule has 1 aromatic heterocycles. The number of hydrogen-bond acceptors (Lipinski definition) is 2. The van der Waals surface area contributed by atoms with Crippen LogP contribution >= 0.6 is 43.2 Å². The van der Waals surface area contributed by atoms with Gasteiger partial charge >= 0.3 is 0 Å². The third kappa shape index (κ3) is 2.87. The molecule has 4 heteroatoms. The highest BCUT2D eigenvalue weighted by molar-refractivity contribution is 9.11. The van der Waals surface area contributed by atoms with Gasteiger partial charge in [0.05, 0.1) is 6.04 Å². The van der Waals surface area contributed by atoms with E-state index in [9.17, 15) is 0 Å². The van der Waals surface area contributed by atoms with Gasteiger partial charge in [-0.2, -0.15) is 0 Å². The predicted molar refractivity (Wildman–Crippen MR) is 86.5 cm³/mol. The molecular weight excluding hydrogens is 374 g/mol. The van der Waals surface area contributed by atoms with Crippen molar-refractivity contribution in [1.29, 1.82) is 0 Å². The summed E-state index contributed by atoms with van der Waals surface area (Å²) < 4.78 is 2.24. The number of thiophene rings is 1. The van der Waals surface area contributed by atoms with E-state index in [1.54, 1.807) is 0 Å². The molecule has 18 heavy (non-hydrogen) atoms. The van der Waals surface area contributed by atoms with Crippen molar-refractivity contribution in [2.45, 2.75) is 19.9 Å². The van der Waals surface area contributed by atoms with Crippen LogP contribution in [0.3, 0.4) is 0 Å². The largest absolute Gasteiger partial charge is 0.309 e. The lowest BCUT2D eigenvalue weighted by molar-refractivity contribution is 0.697. The van der Waals surface area contributed by atoms with Crippen LogP contribution < -0.4 is 5.32 Å². The minimum absolute atomic E-state index is 0.232. The maximum Gasteiger partial charge on any atom is 0.0682 e. The van der Waals surface area contributed by atoms with Crippen molar-refractivity contribution in [2.24, 2.45) is 0 Å². The van der Waals surface area contributed by atoms with Gasteiger partial charge in [0.15, 0.2) is 0 Å². The second kappa shape index (κ2) is 5.87. The fourth-order valence-electron chi connectivity index (χ4n) is 2.11. The fraction of sp³-hybridized carbons (Fsp3) is 0.286. The number of halogens is 2. The molecule has 0 amide bonds. The molecular formula is C14H15Br2NS. The zero-order valence-corrected chi connectivity index (χ0v) is 14.5.